The van der Waals surface area contributed by atoms with E-state index in [1.165, 1.54) is 25.7 Å². The smallest absolute Gasteiger partial charge is 0.254 e. The fourth-order valence-electron chi connectivity index (χ4n) is 5.06. The molecule has 170 valence electrons. The van der Waals surface area contributed by atoms with Crippen molar-refractivity contribution in [3.05, 3.63) is 64.3 Å². The van der Waals surface area contributed by atoms with Crippen LogP contribution in [-0.2, 0) is 13.0 Å². The third-order valence-electron chi connectivity index (χ3n) is 6.83. The highest BCUT2D eigenvalue weighted by Gasteiger charge is 2.23. The van der Waals surface area contributed by atoms with Gasteiger partial charge >= 0.3 is 0 Å². The molecule has 1 aliphatic rings. The minimum atomic E-state index is 0.0491. The molecule has 0 radical (unpaired) electrons. The van der Waals surface area contributed by atoms with Crippen LogP contribution >= 0.6 is 0 Å². The van der Waals surface area contributed by atoms with Crippen molar-refractivity contribution < 1.29 is 0 Å². The molecule has 2 aromatic heterocycles. The summed E-state index contributed by atoms with van der Waals surface area (Å²) in [6.45, 7) is 6.61. The molecule has 6 nitrogen and oxygen atoms in total. The van der Waals surface area contributed by atoms with Gasteiger partial charge in [0.2, 0.25) is 0 Å². The number of nitrogens with zero attached hydrogens (tertiary/aromatic N) is 4. The summed E-state index contributed by atoms with van der Waals surface area (Å²) in [5, 5.41) is 1.07. The van der Waals surface area contributed by atoms with E-state index < -0.39 is 0 Å². The molecule has 2 atom stereocenters. The number of hydrogen-bond donors (Lipinski definition) is 1. The number of aromatic nitrogens is 3. The maximum Gasteiger partial charge on any atom is 0.254 e. The molecule has 1 saturated heterocycles. The predicted molar refractivity (Wildman–Crippen MR) is 131 cm³/mol. The van der Waals surface area contributed by atoms with E-state index in [-0.39, 0.29) is 5.56 Å². The lowest BCUT2D eigenvalue weighted by molar-refractivity contribution is 0.101. The van der Waals surface area contributed by atoms with Crippen molar-refractivity contribution in [3.63, 3.8) is 0 Å². The zero-order chi connectivity index (χ0) is 22.5. The molecule has 6 heteroatoms. The molecule has 0 saturated carbocycles. The zero-order valence-electron chi connectivity index (χ0n) is 19.3. The van der Waals surface area contributed by atoms with Crippen LogP contribution in [0.25, 0.3) is 10.9 Å². The van der Waals surface area contributed by atoms with Crippen molar-refractivity contribution >= 4 is 16.7 Å². The Kier molecular flexibility index (Phi) is 7.20. The van der Waals surface area contributed by atoms with E-state index in [1.54, 1.807) is 12.3 Å². The van der Waals surface area contributed by atoms with Crippen molar-refractivity contribution in [2.75, 3.05) is 12.3 Å². The van der Waals surface area contributed by atoms with Gasteiger partial charge in [-0.3, -0.25) is 9.69 Å². The lowest BCUT2D eigenvalue weighted by Crippen LogP contribution is -2.44. The predicted octanol–water partition coefficient (Wildman–Crippen LogP) is 4.40. The van der Waals surface area contributed by atoms with Gasteiger partial charge in [0.05, 0.1) is 5.52 Å². The van der Waals surface area contributed by atoms with Gasteiger partial charge in [-0.05, 0) is 69.7 Å². The molecule has 1 fully saturated rings. The van der Waals surface area contributed by atoms with E-state index in [4.69, 9.17) is 5.73 Å². The van der Waals surface area contributed by atoms with Crippen LogP contribution in [-0.4, -0.2) is 38.1 Å². The van der Waals surface area contributed by atoms with E-state index in [1.807, 2.05) is 28.8 Å². The Morgan fingerprint density at radius 2 is 1.78 bits per heavy atom. The van der Waals surface area contributed by atoms with E-state index in [9.17, 15) is 4.79 Å². The first-order valence-corrected chi connectivity index (χ1v) is 12.0. The molecule has 3 heterocycles. The van der Waals surface area contributed by atoms with Crippen LogP contribution in [0, 0.1) is 0 Å². The molecule has 1 aliphatic heterocycles. The van der Waals surface area contributed by atoms with Gasteiger partial charge in [-0.2, -0.15) is 0 Å². The van der Waals surface area contributed by atoms with Gasteiger partial charge in [0.25, 0.3) is 5.56 Å². The molecule has 2 N–H and O–H groups in total. The van der Waals surface area contributed by atoms with Crippen LogP contribution in [0.1, 0.15) is 63.8 Å². The number of piperidine rings is 1. The molecule has 0 bridgehead atoms. The summed E-state index contributed by atoms with van der Waals surface area (Å²) in [6, 6.07) is 13.1. The number of unbranched alkanes of at least 4 members (excludes halogenated alkanes) is 2. The lowest BCUT2D eigenvalue weighted by atomic mass is 9.97. The first-order chi connectivity index (χ1) is 15.5. The average Bonchev–Trinajstić information content (AvgIpc) is 2.77. The number of nitrogens with two attached hydrogens (primary N) is 1. The Morgan fingerprint density at radius 1 is 1.03 bits per heavy atom. The molecule has 32 heavy (non-hydrogen) atoms. The third-order valence-corrected chi connectivity index (χ3v) is 6.83. The Bertz CT molecular complexity index is 1100. The molecule has 0 amide bonds. The number of anilines is 1. The Hall–Kier alpha value is -2.73. The fourth-order valence-corrected chi connectivity index (χ4v) is 5.06. The first-order valence-electron chi connectivity index (χ1n) is 12.0. The highest BCUT2D eigenvalue weighted by Crippen LogP contribution is 2.23. The normalized spacial score (nSPS) is 19.4. The number of rotatable bonds is 8. The number of aryl methyl sites for hydroxylation is 1. The number of likely N-dealkylation sites (tertiary alicyclic amines) is 1. The number of benzene rings is 1. The van der Waals surface area contributed by atoms with Crippen molar-refractivity contribution in [1.29, 1.82) is 0 Å². The maximum absolute atomic E-state index is 13.3. The van der Waals surface area contributed by atoms with E-state index in [0.717, 1.165) is 36.8 Å². The summed E-state index contributed by atoms with van der Waals surface area (Å²) in [4.78, 5) is 24.6. The van der Waals surface area contributed by atoms with E-state index in [2.05, 4.69) is 34.8 Å². The topological polar surface area (TPSA) is 77.0 Å². The highest BCUT2D eigenvalue weighted by molar-refractivity contribution is 5.79. The second-order valence-electron chi connectivity index (χ2n) is 9.19. The van der Waals surface area contributed by atoms with Crippen molar-refractivity contribution in [1.82, 2.24) is 19.4 Å². The minimum absolute atomic E-state index is 0.0491. The third kappa shape index (κ3) is 5.18. The lowest BCUT2D eigenvalue weighted by Gasteiger charge is -2.39. The van der Waals surface area contributed by atoms with Gasteiger partial charge in [0, 0.05) is 36.8 Å². The van der Waals surface area contributed by atoms with Crippen LogP contribution in [0.15, 0.2) is 47.4 Å². The molecule has 0 unspecified atom stereocenters. The summed E-state index contributed by atoms with van der Waals surface area (Å²) < 4.78 is 1.93. The van der Waals surface area contributed by atoms with Crippen LogP contribution in [0.3, 0.4) is 0 Å². The quantitative estimate of drug-likeness (QED) is 0.533. The molecule has 1 aromatic carbocycles. The zero-order valence-corrected chi connectivity index (χ0v) is 19.3. The second kappa shape index (κ2) is 10.3. The van der Waals surface area contributed by atoms with Gasteiger partial charge in [0.1, 0.15) is 11.6 Å². The van der Waals surface area contributed by atoms with Crippen molar-refractivity contribution in [2.45, 2.75) is 77.4 Å². The van der Waals surface area contributed by atoms with Gasteiger partial charge in [0.15, 0.2) is 0 Å². The monoisotopic (exact) mass is 433 g/mol. The standard InChI is InChI=1S/C26H35N5O/c1-19-9-8-10-20(2)30(19)15-6-3-7-16-31-23-12-5-4-11-21(23)17-22(26(31)32)18-25-28-14-13-24(27)29-25/h4-5,11-14,17,19-20H,3,6-10,15-16,18H2,1-2H3,(H2,27,28,29)/t19-,20+. The van der Waals surface area contributed by atoms with Gasteiger partial charge in [-0.1, -0.05) is 31.0 Å². The molecule has 0 spiro atoms. The van der Waals surface area contributed by atoms with Gasteiger partial charge < -0.3 is 10.3 Å². The maximum atomic E-state index is 13.3. The summed E-state index contributed by atoms with van der Waals surface area (Å²) in [6.07, 6.45) is 9.31. The average molecular weight is 434 g/mol. The number of pyridine rings is 1. The number of hydrogen-bond acceptors (Lipinski definition) is 5. The van der Waals surface area contributed by atoms with Crippen LogP contribution in [0.2, 0.25) is 0 Å². The van der Waals surface area contributed by atoms with Crippen molar-refractivity contribution in [2.24, 2.45) is 0 Å². The second-order valence-corrected chi connectivity index (χ2v) is 9.19. The molecular formula is C26H35N5O. The van der Waals surface area contributed by atoms with Crippen LogP contribution < -0.4 is 11.3 Å². The Labute approximate surface area is 190 Å². The van der Waals surface area contributed by atoms with E-state index in [0.29, 0.717) is 35.7 Å². The summed E-state index contributed by atoms with van der Waals surface area (Å²) in [7, 11) is 0. The summed E-state index contributed by atoms with van der Waals surface area (Å²) >= 11 is 0. The Morgan fingerprint density at radius 3 is 2.56 bits per heavy atom. The number of para-hydroxylation sites is 1. The van der Waals surface area contributed by atoms with Crippen LogP contribution in [0.4, 0.5) is 5.82 Å². The highest BCUT2D eigenvalue weighted by atomic mass is 16.1. The van der Waals surface area contributed by atoms with Gasteiger partial charge in [-0.25, -0.2) is 9.97 Å². The van der Waals surface area contributed by atoms with Crippen molar-refractivity contribution in [3.8, 4) is 0 Å². The van der Waals surface area contributed by atoms with Gasteiger partial charge in [-0.15, -0.1) is 0 Å². The number of nitrogen functional groups attached to an aromatic ring is 1. The fraction of sp³-hybridized carbons (Fsp3) is 0.500. The summed E-state index contributed by atoms with van der Waals surface area (Å²) in [5.41, 5.74) is 7.55. The minimum Gasteiger partial charge on any atom is -0.384 e. The molecule has 0 aliphatic carbocycles. The van der Waals surface area contributed by atoms with E-state index >= 15 is 0 Å². The molecule has 3 aromatic rings. The first kappa shape index (κ1) is 22.5. The SMILES string of the molecule is C[C@@H]1CCC[C@H](C)N1CCCCCn1c(=O)c(Cc2nccc(N)n2)cc2ccccc21. The molecular weight excluding hydrogens is 398 g/mol. The number of fused-ring (bicyclic) bond motifs is 1. The molecule has 4 rings (SSSR count). The van der Waals surface area contributed by atoms with Crippen LogP contribution in [0.5, 0.6) is 0 Å². The summed E-state index contributed by atoms with van der Waals surface area (Å²) in [5.74, 6) is 1.00. The largest absolute Gasteiger partial charge is 0.384 e. The Balaban J connectivity index is 1.45.